The van der Waals surface area contributed by atoms with Gasteiger partial charge in [-0.25, -0.2) is 14.6 Å². The largest absolute Gasteiger partial charge is 0.508 e. The Hall–Kier alpha value is -5.45. The molecule has 0 spiro atoms. The lowest BCUT2D eigenvalue weighted by Crippen LogP contribution is -2.22. The van der Waals surface area contributed by atoms with Crippen LogP contribution in [0.15, 0.2) is 73.0 Å². The number of phenolic OH excluding ortho intramolecular Hbond substituents is 2. The van der Waals surface area contributed by atoms with Crippen molar-refractivity contribution in [2.45, 2.75) is 13.8 Å². The first-order valence-corrected chi connectivity index (χ1v) is 11.2. The van der Waals surface area contributed by atoms with Crippen molar-refractivity contribution in [1.82, 2.24) is 4.98 Å². The Balaban J connectivity index is 1.39. The zero-order chi connectivity index (χ0) is 27.1. The first-order chi connectivity index (χ1) is 18.1. The third-order valence-electron chi connectivity index (χ3n) is 5.96. The van der Waals surface area contributed by atoms with Crippen LogP contribution < -0.4 is 21.9 Å². The number of carbonyl (C=O) groups excluding carboxylic acids is 2. The van der Waals surface area contributed by atoms with E-state index in [0.29, 0.717) is 21.9 Å². The molecule has 0 aliphatic heterocycles. The maximum Gasteiger partial charge on any atom is 0.360 e. The normalized spacial score (nSPS) is 11.0. The summed E-state index contributed by atoms with van der Waals surface area (Å²) < 4.78 is 10.5. The third-order valence-corrected chi connectivity index (χ3v) is 5.96. The highest BCUT2D eigenvalue weighted by Gasteiger charge is 2.18. The van der Waals surface area contributed by atoms with Crippen molar-refractivity contribution in [3.8, 4) is 11.5 Å². The third kappa shape index (κ3) is 4.32. The molecule has 11 nitrogen and oxygen atoms in total. The van der Waals surface area contributed by atoms with Gasteiger partial charge in [-0.1, -0.05) is 6.07 Å². The van der Waals surface area contributed by atoms with Crippen LogP contribution in [0.4, 0.5) is 11.4 Å². The smallest absolute Gasteiger partial charge is 0.360 e. The quantitative estimate of drug-likeness (QED) is 0.261. The van der Waals surface area contributed by atoms with E-state index in [2.05, 4.69) is 15.6 Å². The molecule has 5 rings (SSSR count). The fourth-order valence-electron chi connectivity index (χ4n) is 3.86. The highest BCUT2D eigenvalue weighted by molar-refractivity contribution is 6.06. The van der Waals surface area contributed by atoms with Crippen LogP contribution in [0.5, 0.6) is 11.5 Å². The molecule has 2 amide bonds. The maximum absolute atomic E-state index is 12.8. The fraction of sp³-hybridized carbons (Fsp3) is 0.0741. The van der Waals surface area contributed by atoms with E-state index < -0.39 is 23.1 Å². The van der Waals surface area contributed by atoms with Crippen LogP contribution in [0.2, 0.25) is 0 Å². The molecule has 0 radical (unpaired) electrons. The number of phenols is 2. The molecular weight excluding hydrogens is 494 g/mol. The fourth-order valence-corrected chi connectivity index (χ4v) is 3.86. The highest BCUT2D eigenvalue weighted by atomic mass is 16.4. The van der Waals surface area contributed by atoms with Gasteiger partial charge in [-0.15, -0.1) is 0 Å². The Kier molecular flexibility index (Phi) is 5.88. The van der Waals surface area contributed by atoms with Gasteiger partial charge < -0.3 is 29.7 Å². The number of aromatic hydroxyl groups is 2. The van der Waals surface area contributed by atoms with Crippen molar-refractivity contribution in [3.05, 3.63) is 98.0 Å². The first-order valence-electron chi connectivity index (χ1n) is 11.2. The van der Waals surface area contributed by atoms with Crippen molar-refractivity contribution in [3.63, 3.8) is 0 Å². The molecule has 5 aromatic rings. The number of aryl methyl sites for hydroxylation is 2. The topological polar surface area (TPSA) is 172 Å². The van der Waals surface area contributed by atoms with Crippen LogP contribution in [-0.2, 0) is 0 Å². The van der Waals surface area contributed by atoms with Gasteiger partial charge in [0.25, 0.3) is 11.8 Å². The zero-order valence-corrected chi connectivity index (χ0v) is 20.0. The van der Waals surface area contributed by atoms with E-state index in [9.17, 15) is 29.4 Å². The number of amides is 2. The molecule has 3 heterocycles. The summed E-state index contributed by atoms with van der Waals surface area (Å²) in [4.78, 5) is 54.5. The van der Waals surface area contributed by atoms with Gasteiger partial charge in [0.05, 0.1) is 0 Å². The summed E-state index contributed by atoms with van der Waals surface area (Å²) in [7, 11) is 0. The number of rotatable bonds is 4. The minimum atomic E-state index is -0.833. The number of nitrogens with one attached hydrogen (secondary N) is 2. The van der Waals surface area contributed by atoms with Crippen molar-refractivity contribution in [1.29, 1.82) is 0 Å². The summed E-state index contributed by atoms with van der Waals surface area (Å²) in [5.74, 6) is -1.62. The lowest BCUT2D eigenvalue weighted by molar-refractivity contribution is 0.101. The van der Waals surface area contributed by atoms with Crippen LogP contribution in [0.25, 0.3) is 21.9 Å². The van der Waals surface area contributed by atoms with Gasteiger partial charge in [-0.3, -0.25) is 9.59 Å². The summed E-state index contributed by atoms with van der Waals surface area (Å²) in [5, 5.41) is 25.4. The van der Waals surface area contributed by atoms with Crippen LogP contribution in [0.3, 0.4) is 0 Å². The van der Waals surface area contributed by atoms with Gasteiger partial charge >= 0.3 is 11.3 Å². The number of hydrogen-bond donors (Lipinski definition) is 4. The lowest BCUT2D eigenvalue weighted by atomic mass is 10.1. The second kappa shape index (κ2) is 9.21. The second-order valence-corrected chi connectivity index (χ2v) is 8.47. The maximum atomic E-state index is 12.8. The van der Waals surface area contributed by atoms with Crippen LogP contribution >= 0.6 is 0 Å². The Labute approximate surface area is 213 Å². The standard InChI is InChI=1S/C27H19N3O8/c1-12-20(31)8-6-14-10-18(26(35)37-22(12)14)29-24(33)16-4-3-5-17(28-16)25(34)30-19-11-15-7-9-21(32)13(2)23(15)38-27(19)36/h3-11,31-32H,1-2H3,(H,29,33)(H,30,34). The molecule has 190 valence electrons. The Bertz CT molecular complexity index is 1770. The minimum Gasteiger partial charge on any atom is -0.508 e. The monoisotopic (exact) mass is 513 g/mol. The number of anilines is 2. The molecule has 3 aromatic heterocycles. The molecule has 0 fully saturated rings. The molecule has 11 heteroatoms. The van der Waals surface area contributed by atoms with Gasteiger partial charge in [0.15, 0.2) is 0 Å². The summed E-state index contributed by atoms with van der Waals surface area (Å²) in [6.45, 7) is 3.18. The van der Waals surface area contributed by atoms with E-state index in [4.69, 9.17) is 8.83 Å². The van der Waals surface area contributed by atoms with Crippen molar-refractivity contribution >= 4 is 45.1 Å². The van der Waals surface area contributed by atoms with E-state index in [1.54, 1.807) is 13.8 Å². The Morgan fingerprint density at radius 1 is 0.711 bits per heavy atom. The SMILES string of the molecule is Cc1c(O)ccc2cc(NC(=O)c3cccc(C(=O)Nc4cc5ccc(O)c(C)c5oc4=O)n3)c(=O)oc12. The van der Waals surface area contributed by atoms with Crippen LogP contribution in [0, 0.1) is 13.8 Å². The number of carbonyl (C=O) groups is 2. The number of fused-ring (bicyclic) bond motifs is 2. The number of aromatic nitrogens is 1. The van der Waals surface area contributed by atoms with Gasteiger partial charge in [-0.05, 0) is 62.4 Å². The van der Waals surface area contributed by atoms with Gasteiger partial charge in [0.2, 0.25) is 0 Å². The average molecular weight is 513 g/mol. The van der Waals surface area contributed by atoms with E-state index in [1.165, 1.54) is 54.6 Å². The van der Waals surface area contributed by atoms with Crippen molar-refractivity contribution in [2.75, 3.05) is 10.6 Å². The molecule has 0 bridgehead atoms. The molecule has 0 aliphatic carbocycles. The predicted octanol–water partition coefficient (Wildman–Crippen LogP) is 3.83. The van der Waals surface area contributed by atoms with Crippen molar-refractivity contribution in [2.24, 2.45) is 0 Å². The van der Waals surface area contributed by atoms with Crippen LogP contribution in [0.1, 0.15) is 32.1 Å². The molecule has 2 aromatic carbocycles. The number of hydrogen-bond acceptors (Lipinski definition) is 9. The second-order valence-electron chi connectivity index (χ2n) is 8.47. The van der Waals surface area contributed by atoms with Gasteiger partial charge in [-0.2, -0.15) is 0 Å². The molecule has 0 saturated heterocycles. The first kappa shape index (κ1) is 24.3. The lowest BCUT2D eigenvalue weighted by Gasteiger charge is -2.09. The van der Waals surface area contributed by atoms with E-state index in [-0.39, 0.29) is 45.4 Å². The number of pyridine rings is 1. The number of benzene rings is 2. The molecule has 0 saturated carbocycles. The molecule has 38 heavy (non-hydrogen) atoms. The summed E-state index contributed by atoms with van der Waals surface area (Å²) in [6, 6.07) is 12.9. The van der Waals surface area contributed by atoms with E-state index in [1.807, 2.05) is 0 Å². The molecule has 0 unspecified atom stereocenters. The molecular formula is C27H19N3O8. The van der Waals surface area contributed by atoms with E-state index in [0.717, 1.165) is 0 Å². The predicted molar refractivity (Wildman–Crippen MR) is 138 cm³/mol. The average Bonchev–Trinajstić information content (AvgIpc) is 2.90. The molecule has 0 atom stereocenters. The Morgan fingerprint density at radius 3 is 1.55 bits per heavy atom. The highest BCUT2D eigenvalue weighted by Crippen LogP contribution is 2.27. The summed E-state index contributed by atoms with van der Waals surface area (Å²) in [6.07, 6.45) is 0. The number of nitrogens with zero attached hydrogens (tertiary/aromatic N) is 1. The zero-order valence-electron chi connectivity index (χ0n) is 20.0. The van der Waals surface area contributed by atoms with E-state index >= 15 is 0 Å². The summed E-state index contributed by atoms with van der Waals surface area (Å²) in [5.41, 5.74) is -1.17. The minimum absolute atomic E-state index is 0.0346. The van der Waals surface area contributed by atoms with Crippen molar-refractivity contribution < 1.29 is 28.6 Å². The molecule has 0 aliphatic rings. The van der Waals surface area contributed by atoms with Crippen LogP contribution in [-0.4, -0.2) is 27.0 Å². The Morgan fingerprint density at radius 2 is 1.13 bits per heavy atom. The van der Waals surface area contributed by atoms with Gasteiger partial charge in [0, 0.05) is 21.9 Å². The molecule has 4 N–H and O–H groups in total. The van der Waals surface area contributed by atoms with Gasteiger partial charge in [0.1, 0.15) is 45.4 Å². The summed E-state index contributed by atoms with van der Waals surface area (Å²) >= 11 is 0.